The van der Waals surface area contributed by atoms with Gasteiger partial charge in [-0.3, -0.25) is 4.48 Å². The predicted octanol–water partition coefficient (Wildman–Crippen LogP) is 4.49. The summed E-state index contributed by atoms with van der Waals surface area (Å²) < 4.78 is 56.7. The van der Waals surface area contributed by atoms with E-state index in [2.05, 4.69) is 0 Å². The first-order valence-electron chi connectivity index (χ1n) is 7.00. The number of likely N-dealkylation sites (tertiary alicyclic amines) is 1. The molecule has 1 heterocycles. The number of hydrogen-bond donors (Lipinski definition) is 0. The first-order valence-corrected chi connectivity index (χ1v) is 7.00. The zero-order chi connectivity index (χ0) is 15.1. The van der Waals surface area contributed by atoms with E-state index in [1.807, 2.05) is 0 Å². The van der Waals surface area contributed by atoms with E-state index in [0.717, 1.165) is 19.3 Å². The molecule has 0 radical (unpaired) electrons. The lowest BCUT2D eigenvalue weighted by molar-refractivity contribution is 0.251. The first kappa shape index (κ1) is 15.3. The number of quaternary nitrogens is 1. The van der Waals surface area contributed by atoms with Gasteiger partial charge < -0.3 is 0 Å². The van der Waals surface area contributed by atoms with Crippen molar-refractivity contribution in [3.63, 3.8) is 0 Å². The monoisotopic (exact) mass is 290 g/mol. The van der Waals surface area contributed by atoms with E-state index in [0.29, 0.717) is 13.1 Å². The van der Waals surface area contributed by atoms with Crippen LogP contribution in [0.3, 0.4) is 0 Å². The van der Waals surface area contributed by atoms with Gasteiger partial charge in [0.1, 0.15) is 0 Å². The van der Waals surface area contributed by atoms with Gasteiger partial charge in [-0.05, 0) is 25.2 Å². The van der Waals surface area contributed by atoms with Gasteiger partial charge >= 0.3 is 0 Å². The second-order valence-corrected chi connectivity index (χ2v) is 6.08. The molecule has 112 valence electrons. The average Bonchev–Trinajstić information content (AvgIpc) is 2.37. The predicted molar refractivity (Wildman–Crippen MR) is 71.7 cm³/mol. The Morgan fingerprint density at radius 1 is 0.800 bits per heavy atom. The molecule has 1 aliphatic rings. The van der Waals surface area contributed by atoms with E-state index in [1.165, 1.54) is 13.8 Å². The summed E-state index contributed by atoms with van der Waals surface area (Å²) in [6.07, 6.45) is 2.57. The van der Waals surface area contributed by atoms with Gasteiger partial charge in [0.2, 0.25) is 17.3 Å². The Kier molecular flexibility index (Phi) is 4.09. The highest BCUT2D eigenvalue weighted by Gasteiger charge is 2.39. The fraction of sp³-hybridized carbons (Fsp3) is 0.600. The van der Waals surface area contributed by atoms with E-state index in [-0.39, 0.29) is 4.48 Å². The molecule has 0 unspecified atom stereocenters. The van der Waals surface area contributed by atoms with Crippen LogP contribution in [0.1, 0.15) is 44.6 Å². The van der Waals surface area contributed by atoms with Crippen LogP contribution in [0.15, 0.2) is 0 Å². The minimum absolute atomic E-state index is 0.0795. The molecule has 1 aromatic rings. The standard InChI is InChI=1S/C15H20F4N/c1-9(2)10-11(16)13(18)15(14(19)12(10)17)20(3)7-5-4-6-8-20/h9H,4-8H2,1-3H3/q+1. The first-order chi connectivity index (χ1) is 9.29. The normalized spacial score (nSPS) is 18.6. The average molecular weight is 290 g/mol. The lowest BCUT2D eigenvalue weighted by Crippen LogP contribution is -2.50. The summed E-state index contributed by atoms with van der Waals surface area (Å²) in [5, 5.41) is 0. The molecule has 1 fully saturated rings. The van der Waals surface area contributed by atoms with Crippen LogP contribution in [0.2, 0.25) is 0 Å². The van der Waals surface area contributed by atoms with Crippen LogP contribution in [0, 0.1) is 23.3 Å². The summed E-state index contributed by atoms with van der Waals surface area (Å²) in [5.74, 6) is -5.59. The van der Waals surface area contributed by atoms with Gasteiger partial charge in [0.15, 0.2) is 11.6 Å². The highest BCUT2D eigenvalue weighted by Crippen LogP contribution is 2.38. The Bertz CT molecular complexity index is 490. The van der Waals surface area contributed by atoms with Crippen molar-refractivity contribution in [3.05, 3.63) is 28.8 Å². The van der Waals surface area contributed by atoms with Crippen LogP contribution in [-0.4, -0.2) is 20.1 Å². The quantitative estimate of drug-likeness (QED) is 0.428. The number of rotatable bonds is 2. The largest absolute Gasteiger partial charge is 0.288 e. The molecule has 0 atom stereocenters. The third kappa shape index (κ3) is 2.32. The molecule has 2 rings (SSSR count). The Morgan fingerprint density at radius 2 is 1.25 bits per heavy atom. The van der Waals surface area contributed by atoms with Crippen LogP contribution in [0.25, 0.3) is 0 Å². The van der Waals surface area contributed by atoms with Gasteiger partial charge in [0.05, 0.1) is 20.1 Å². The zero-order valence-corrected chi connectivity index (χ0v) is 12.1. The molecule has 0 aromatic heterocycles. The van der Waals surface area contributed by atoms with Crippen LogP contribution in [0.5, 0.6) is 0 Å². The van der Waals surface area contributed by atoms with E-state index in [4.69, 9.17) is 0 Å². The molecule has 0 saturated carbocycles. The molecule has 1 saturated heterocycles. The van der Waals surface area contributed by atoms with E-state index in [1.54, 1.807) is 7.05 Å². The number of hydrogen-bond acceptors (Lipinski definition) is 0. The fourth-order valence-corrected chi connectivity index (χ4v) is 3.05. The second kappa shape index (κ2) is 5.35. The highest BCUT2D eigenvalue weighted by molar-refractivity contribution is 5.49. The Labute approximate surface area is 116 Å². The van der Waals surface area contributed by atoms with Crippen LogP contribution < -0.4 is 4.48 Å². The molecular weight excluding hydrogens is 270 g/mol. The zero-order valence-electron chi connectivity index (χ0n) is 12.1. The van der Waals surface area contributed by atoms with Crippen molar-refractivity contribution >= 4 is 5.69 Å². The van der Waals surface area contributed by atoms with Crippen molar-refractivity contribution in [2.75, 3.05) is 20.1 Å². The Morgan fingerprint density at radius 3 is 1.65 bits per heavy atom. The van der Waals surface area contributed by atoms with Crippen molar-refractivity contribution < 1.29 is 17.6 Å². The van der Waals surface area contributed by atoms with Crippen molar-refractivity contribution in [2.45, 2.75) is 39.0 Å². The van der Waals surface area contributed by atoms with Crippen molar-refractivity contribution in [2.24, 2.45) is 0 Å². The van der Waals surface area contributed by atoms with Gasteiger partial charge in [-0.1, -0.05) is 13.8 Å². The molecule has 1 aliphatic heterocycles. The van der Waals surface area contributed by atoms with Crippen LogP contribution in [0.4, 0.5) is 23.2 Å². The van der Waals surface area contributed by atoms with Crippen molar-refractivity contribution in [3.8, 4) is 0 Å². The van der Waals surface area contributed by atoms with E-state index >= 15 is 0 Å². The molecule has 1 aromatic carbocycles. The number of piperidine rings is 1. The molecule has 0 N–H and O–H groups in total. The van der Waals surface area contributed by atoms with Gasteiger partial charge in [-0.2, -0.15) is 8.78 Å². The fourth-order valence-electron chi connectivity index (χ4n) is 3.05. The Hall–Kier alpha value is -1.10. The Balaban J connectivity index is 2.66. The second-order valence-electron chi connectivity index (χ2n) is 6.08. The summed E-state index contributed by atoms with van der Waals surface area (Å²) in [5.41, 5.74) is -0.976. The smallest absolute Gasteiger partial charge is 0.222 e. The highest BCUT2D eigenvalue weighted by atomic mass is 19.2. The minimum Gasteiger partial charge on any atom is -0.288 e. The molecule has 1 nitrogen and oxygen atoms in total. The lowest BCUT2D eigenvalue weighted by Gasteiger charge is -2.37. The van der Waals surface area contributed by atoms with Crippen molar-refractivity contribution in [1.29, 1.82) is 0 Å². The summed E-state index contributed by atoms with van der Waals surface area (Å²) in [6, 6.07) is 0. The topological polar surface area (TPSA) is 0 Å². The molecule has 0 aliphatic carbocycles. The summed E-state index contributed by atoms with van der Waals surface area (Å²) in [7, 11) is 1.63. The molecule has 20 heavy (non-hydrogen) atoms. The number of nitrogens with zero attached hydrogens (tertiary/aromatic N) is 1. The third-order valence-corrected chi connectivity index (χ3v) is 4.19. The summed E-state index contributed by atoms with van der Waals surface area (Å²) in [4.78, 5) is 0. The maximum absolute atomic E-state index is 14.3. The van der Waals surface area contributed by atoms with E-state index in [9.17, 15) is 17.6 Å². The number of halogens is 4. The summed E-state index contributed by atoms with van der Waals surface area (Å²) in [6.45, 7) is 4.01. The van der Waals surface area contributed by atoms with Gasteiger partial charge in [-0.25, -0.2) is 8.78 Å². The maximum Gasteiger partial charge on any atom is 0.222 e. The maximum atomic E-state index is 14.3. The van der Waals surface area contributed by atoms with Gasteiger partial charge in [0, 0.05) is 5.56 Å². The van der Waals surface area contributed by atoms with Crippen LogP contribution in [-0.2, 0) is 0 Å². The summed E-state index contributed by atoms with van der Waals surface area (Å²) >= 11 is 0. The number of benzene rings is 1. The molecule has 5 heteroatoms. The van der Waals surface area contributed by atoms with Gasteiger partial charge in [0.25, 0.3) is 0 Å². The lowest BCUT2D eigenvalue weighted by atomic mass is 9.98. The minimum atomic E-state index is -1.25. The van der Waals surface area contributed by atoms with E-state index < -0.39 is 40.4 Å². The molecule has 0 spiro atoms. The van der Waals surface area contributed by atoms with Crippen molar-refractivity contribution in [1.82, 2.24) is 4.48 Å². The van der Waals surface area contributed by atoms with Gasteiger partial charge in [-0.15, -0.1) is 0 Å². The SMILES string of the molecule is CC(C)c1c(F)c(F)c([N+]2(C)CCCCC2)c(F)c1F. The molecular formula is C15H20F4N+. The molecule has 0 bridgehead atoms. The third-order valence-electron chi connectivity index (χ3n) is 4.19. The van der Waals surface area contributed by atoms with Crippen LogP contribution >= 0.6 is 0 Å². The molecule has 0 amide bonds.